The molecular weight excluding hydrogens is 262 g/mol. The van der Waals surface area contributed by atoms with Crippen LogP contribution in [0.4, 0.5) is 11.9 Å². The molecule has 0 bridgehead atoms. The van der Waals surface area contributed by atoms with Crippen molar-refractivity contribution in [3.63, 3.8) is 0 Å². The second kappa shape index (κ2) is 5.84. The minimum Gasteiger partial charge on any atom is -0.347 e. The van der Waals surface area contributed by atoms with Crippen molar-refractivity contribution >= 4 is 23.5 Å². The number of anilines is 2. The maximum atomic E-state index is 5.93. The van der Waals surface area contributed by atoms with Crippen LogP contribution in [-0.4, -0.2) is 36.1 Å². The summed E-state index contributed by atoms with van der Waals surface area (Å²) in [5.74, 6) is 1.11. The van der Waals surface area contributed by atoms with Crippen molar-refractivity contribution in [1.82, 2.24) is 15.0 Å². The Labute approximate surface area is 117 Å². The summed E-state index contributed by atoms with van der Waals surface area (Å²) in [6.45, 7) is 0.716. The van der Waals surface area contributed by atoms with Gasteiger partial charge in [0.2, 0.25) is 17.2 Å². The Morgan fingerprint density at radius 1 is 0.947 bits per heavy atom. The number of nitrogens with zero attached hydrogens (tertiary/aromatic N) is 5. The molecule has 0 fully saturated rings. The van der Waals surface area contributed by atoms with Gasteiger partial charge >= 0.3 is 0 Å². The van der Waals surface area contributed by atoms with Crippen LogP contribution >= 0.6 is 11.6 Å². The third-order valence-electron chi connectivity index (χ3n) is 2.59. The Morgan fingerprint density at radius 3 is 2.21 bits per heavy atom. The Kier molecular flexibility index (Phi) is 4.16. The van der Waals surface area contributed by atoms with E-state index < -0.39 is 0 Å². The van der Waals surface area contributed by atoms with Gasteiger partial charge in [0.25, 0.3) is 0 Å². The molecule has 6 heteroatoms. The molecule has 0 saturated carbocycles. The zero-order valence-corrected chi connectivity index (χ0v) is 12.0. The Morgan fingerprint density at radius 2 is 1.58 bits per heavy atom. The highest BCUT2D eigenvalue weighted by Crippen LogP contribution is 2.16. The van der Waals surface area contributed by atoms with Gasteiger partial charge in [-0.2, -0.15) is 15.0 Å². The minimum atomic E-state index is 0.202. The highest BCUT2D eigenvalue weighted by atomic mass is 35.5. The van der Waals surface area contributed by atoms with E-state index in [1.165, 1.54) is 5.56 Å². The van der Waals surface area contributed by atoms with Crippen molar-refractivity contribution in [2.24, 2.45) is 0 Å². The highest BCUT2D eigenvalue weighted by molar-refractivity contribution is 6.28. The third-order valence-corrected chi connectivity index (χ3v) is 2.76. The molecular formula is C13H16ClN5. The van der Waals surface area contributed by atoms with E-state index in [0.29, 0.717) is 18.4 Å². The number of rotatable bonds is 4. The number of aromatic nitrogens is 3. The third kappa shape index (κ3) is 3.54. The molecule has 0 radical (unpaired) electrons. The van der Waals surface area contributed by atoms with E-state index in [9.17, 15) is 0 Å². The first-order chi connectivity index (χ1) is 9.06. The molecule has 0 spiro atoms. The van der Waals surface area contributed by atoms with Gasteiger partial charge in [-0.3, -0.25) is 0 Å². The summed E-state index contributed by atoms with van der Waals surface area (Å²) in [6, 6.07) is 10.1. The predicted molar refractivity (Wildman–Crippen MR) is 77.7 cm³/mol. The lowest BCUT2D eigenvalue weighted by molar-refractivity contribution is 0.842. The molecule has 19 heavy (non-hydrogen) atoms. The summed E-state index contributed by atoms with van der Waals surface area (Å²) in [5.41, 5.74) is 1.19. The second-order valence-electron chi connectivity index (χ2n) is 4.44. The fourth-order valence-corrected chi connectivity index (χ4v) is 1.78. The Bertz CT molecular complexity index is 544. The van der Waals surface area contributed by atoms with E-state index in [1.807, 2.05) is 44.2 Å². The zero-order valence-electron chi connectivity index (χ0n) is 11.2. The van der Waals surface area contributed by atoms with E-state index in [0.717, 1.165) is 0 Å². The summed E-state index contributed by atoms with van der Waals surface area (Å²) in [4.78, 5) is 16.3. The molecule has 100 valence electrons. The fourth-order valence-electron chi connectivity index (χ4n) is 1.63. The van der Waals surface area contributed by atoms with Gasteiger partial charge in [-0.05, 0) is 17.2 Å². The molecule has 1 heterocycles. The molecule has 1 aromatic carbocycles. The predicted octanol–water partition coefficient (Wildman–Crippen LogP) is 2.23. The summed E-state index contributed by atoms with van der Waals surface area (Å²) in [7, 11) is 5.66. The van der Waals surface area contributed by atoms with Crippen molar-refractivity contribution in [3.05, 3.63) is 41.2 Å². The van der Waals surface area contributed by atoms with Crippen LogP contribution in [0.25, 0.3) is 0 Å². The molecule has 2 rings (SSSR count). The molecule has 0 unspecified atom stereocenters. The van der Waals surface area contributed by atoms with Crippen LogP contribution in [0.1, 0.15) is 5.56 Å². The van der Waals surface area contributed by atoms with E-state index >= 15 is 0 Å². The van der Waals surface area contributed by atoms with E-state index in [1.54, 1.807) is 4.90 Å². The van der Waals surface area contributed by atoms with E-state index in [4.69, 9.17) is 11.6 Å². The maximum Gasteiger partial charge on any atom is 0.231 e. The monoisotopic (exact) mass is 277 g/mol. The van der Waals surface area contributed by atoms with Crippen LogP contribution in [0.5, 0.6) is 0 Å². The van der Waals surface area contributed by atoms with E-state index in [-0.39, 0.29) is 5.28 Å². The first-order valence-corrected chi connectivity index (χ1v) is 6.28. The zero-order chi connectivity index (χ0) is 13.8. The molecule has 0 saturated heterocycles. The number of hydrogen-bond donors (Lipinski definition) is 0. The summed E-state index contributed by atoms with van der Waals surface area (Å²) in [6.07, 6.45) is 0. The second-order valence-corrected chi connectivity index (χ2v) is 4.78. The maximum absolute atomic E-state index is 5.93. The molecule has 1 aromatic heterocycles. The summed E-state index contributed by atoms with van der Waals surface area (Å²) in [5, 5.41) is 0.202. The normalized spacial score (nSPS) is 10.3. The molecule has 0 N–H and O–H groups in total. The van der Waals surface area contributed by atoms with Crippen molar-refractivity contribution in [2.75, 3.05) is 30.9 Å². The van der Waals surface area contributed by atoms with Gasteiger partial charge in [0, 0.05) is 27.7 Å². The quantitative estimate of drug-likeness (QED) is 0.857. The van der Waals surface area contributed by atoms with Gasteiger partial charge in [-0.15, -0.1) is 0 Å². The molecule has 0 amide bonds. The van der Waals surface area contributed by atoms with Crippen LogP contribution in [0.2, 0.25) is 5.28 Å². The molecule has 0 atom stereocenters. The van der Waals surface area contributed by atoms with Crippen LogP contribution in [0.3, 0.4) is 0 Å². The fraction of sp³-hybridized carbons (Fsp3) is 0.308. The van der Waals surface area contributed by atoms with Gasteiger partial charge in [-0.25, -0.2) is 0 Å². The van der Waals surface area contributed by atoms with Crippen LogP contribution < -0.4 is 9.80 Å². The number of halogens is 1. The van der Waals surface area contributed by atoms with Crippen molar-refractivity contribution in [3.8, 4) is 0 Å². The Balaban J connectivity index is 2.21. The smallest absolute Gasteiger partial charge is 0.231 e. The van der Waals surface area contributed by atoms with Gasteiger partial charge < -0.3 is 9.80 Å². The first kappa shape index (κ1) is 13.5. The molecule has 0 aliphatic rings. The average molecular weight is 278 g/mol. The van der Waals surface area contributed by atoms with Crippen LogP contribution in [0, 0.1) is 0 Å². The molecule has 0 aliphatic heterocycles. The SMILES string of the molecule is CN(C)c1nc(Cl)nc(N(C)Cc2ccccc2)n1. The average Bonchev–Trinajstić information content (AvgIpc) is 2.39. The molecule has 5 nitrogen and oxygen atoms in total. The van der Waals surface area contributed by atoms with Crippen molar-refractivity contribution in [1.29, 1.82) is 0 Å². The molecule has 0 aliphatic carbocycles. The van der Waals surface area contributed by atoms with Gasteiger partial charge in [-0.1, -0.05) is 30.3 Å². The number of hydrogen-bond acceptors (Lipinski definition) is 5. The van der Waals surface area contributed by atoms with Crippen LogP contribution in [-0.2, 0) is 6.54 Å². The lowest BCUT2D eigenvalue weighted by Gasteiger charge is -2.19. The van der Waals surface area contributed by atoms with Crippen molar-refractivity contribution in [2.45, 2.75) is 6.54 Å². The summed E-state index contributed by atoms with van der Waals surface area (Å²) < 4.78 is 0. The molecule has 2 aromatic rings. The minimum absolute atomic E-state index is 0.202. The largest absolute Gasteiger partial charge is 0.347 e. The Hall–Kier alpha value is -1.88. The van der Waals surface area contributed by atoms with Gasteiger partial charge in [0.05, 0.1) is 0 Å². The first-order valence-electron chi connectivity index (χ1n) is 5.90. The summed E-state index contributed by atoms with van der Waals surface area (Å²) >= 11 is 5.93. The van der Waals surface area contributed by atoms with Gasteiger partial charge in [0.1, 0.15) is 0 Å². The standard InChI is InChI=1S/C13H16ClN5/c1-18(2)12-15-11(14)16-13(17-12)19(3)9-10-7-5-4-6-8-10/h4-8H,9H2,1-3H3. The highest BCUT2D eigenvalue weighted by Gasteiger charge is 2.10. The lowest BCUT2D eigenvalue weighted by atomic mass is 10.2. The lowest BCUT2D eigenvalue weighted by Crippen LogP contribution is -2.22. The topological polar surface area (TPSA) is 45.2 Å². The van der Waals surface area contributed by atoms with Crippen LogP contribution in [0.15, 0.2) is 30.3 Å². The van der Waals surface area contributed by atoms with Gasteiger partial charge in [0.15, 0.2) is 0 Å². The van der Waals surface area contributed by atoms with E-state index in [2.05, 4.69) is 27.1 Å². The number of benzene rings is 1. The van der Waals surface area contributed by atoms with Crippen molar-refractivity contribution < 1.29 is 0 Å².